The first-order valence-electron chi connectivity index (χ1n) is 5.16. The third kappa shape index (κ3) is 4.10. The van der Waals surface area contributed by atoms with E-state index in [1.54, 1.807) is 0 Å². The molecule has 0 aliphatic heterocycles. The maximum atomic E-state index is 2.54. The Morgan fingerprint density at radius 1 is 1.17 bits per heavy atom. The van der Waals surface area contributed by atoms with Crippen LogP contribution in [0.3, 0.4) is 0 Å². The Balaban J connectivity index is 4.00. The van der Waals surface area contributed by atoms with E-state index in [9.17, 15) is 0 Å². The van der Waals surface area contributed by atoms with E-state index in [0.29, 0.717) is 5.54 Å². The minimum Gasteiger partial charge on any atom is -0.298 e. The Morgan fingerprint density at radius 2 is 1.67 bits per heavy atom. The van der Waals surface area contributed by atoms with Gasteiger partial charge in [0.1, 0.15) is 0 Å². The Bertz CT molecular complexity index is 113. The van der Waals surface area contributed by atoms with Crippen molar-refractivity contribution < 1.29 is 0 Å². The third-order valence-electron chi connectivity index (χ3n) is 2.56. The molecule has 1 atom stereocenters. The molecule has 0 amide bonds. The van der Waals surface area contributed by atoms with Gasteiger partial charge in [0.15, 0.2) is 0 Å². The second-order valence-corrected chi connectivity index (χ2v) is 4.72. The molecule has 0 radical (unpaired) electrons. The normalized spacial score (nSPS) is 15.2. The number of hydrogen-bond donors (Lipinski definition) is 0. The molecule has 0 saturated heterocycles. The monoisotopic (exact) mass is 171 g/mol. The standard InChI is InChI=1S/C11H25N/c1-7-10(3)9-12(8-2)11(4,5)6/h10H,7-9H2,1-6H3. The van der Waals surface area contributed by atoms with E-state index in [1.165, 1.54) is 13.0 Å². The fraction of sp³-hybridized carbons (Fsp3) is 1.00. The van der Waals surface area contributed by atoms with Gasteiger partial charge in [-0.2, -0.15) is 0 Å². The summed E-state index contributed by atoms with van der Waals surface area (Å²) in [5.41, 5.74) is 0.332. The quantitative estimate of drug-likeness (QED) is 0.628. The molecule has 74 valence electrons. The van der Waals surface area contributed by atoms with Crippen LogP contribution < -0.4 is 0 Å². The summed E-state index contributed by atoms with van der Waals surface area (Å²) in [5, 5.41) is 0. The van der Waals surface area contributed by atoms with Crippen LogP contribution in [0.15, 0.2) is 0 Å². The fourth-order valence-corrected chi connectivity index (χ4v) is 1.38. The highest BCUT2D eigenvalue weighted by molar-refractivity contribution is 4.76. The van der Waals surface area contributed by atoms with Gasteiger partial charge in [-0.1, -0.05) is 27.2 Å². The van der Waals surface area contributed by atoms with Gasteiger partial charge in [-0.15, -0.1) is 0 Å². The fourth-order valence-electron chi connectivity index (χ4n) is 1.38. The first kappa shape index (κ1) is 12.0. The van der Waals surface area contributed by atoms with Gasteiger partial charge in [0.2, 0.25) is 0 Å². The lowest BCUT2D eigenvalue weighted by Gasteiger charge is -2.36. The van der Waals surface area contributed by atoms with E-state index in [0.717, 1.165) is 12.5 Å². The van der Waals surface area contributed by atoms with Crippen LogP contribution in [-0.2, 0) is 0 Å². The molecule has 0 heterocycles. The summed E-state index contributed by atoms with van der Waals surface area (Å²) in [6.07, 6.45) is 1.28. The van der Waals surface area contributed by atoms with Crippen molar-refractivity contribution in [2.75, 3.05) is 13.1 Å². The average Bonchev–Trinajstić information content (AvgIpc) is 1.97. The van der Waals surface area contributed by atoms with Gasteiger partial charge in [-0.3, -0.25) is 4.90 Å². The van der Waals surface area contributed by atoms with Gasteiger partial charge < -0.3 is 0 Å². The average molecular weight is 171 g/mol. The highest BCUT2D eigenvalue weighted by Crippen LogP contribution is 2.15. The second kappa shape index (κ2) is 4.86. The summed E-state index contributed by atoms with van der Waals surface area (Å²) in [4.78, 5) is 2.54. The van der Waals surface area contributed by atoms with E-state index in [-0.39, 0.29) is 0 Å². The van der Waals surface area contributed by atoms with Crippen molar-refractivity contribution >= 4 is 0 Å². The topological polar surface area (TPSA) is 3.24 Å². The van der Waals surface area contributed by atoms with Gasteiger partial charge in [0.05, 0.1) is 0 Å². The molecule has 1 nitrogen and oxygen atoms in total. The molecule has 0 aromatic rings. The lowest BCUT2D eigenvalue weighted by Crippen LogP contribution is -2.43. The molecular weight excluding hydrogens is 146 g/mol. The lowest BCUT2D eigenvalue weighted by molar-refractivity contribution is 0.123. The van der Waals surface area contributed by atoms with Gasteiger partial charge in [0, 0.05) is 12.1 Å². The molecular formula is C11H25N. The summed E-state index contributed by atoms with van der Waals surface area (Å²) in [7, 11) is 0. The predicted octanol–water partition coefficient (Wildman–Crippen LogP) is 3.15. The van der Waals surface area contributed by atoms with Crippen LogP contribution >= 0.6 is 0 Å². The van der Waals surface area contributed by atoms with E-state index in [2.05, 4.69) is 46.4 Å². The molecule has 1 heteroatoms. The van der Waals surface area contributed by atoms with Gasteiger partial charge in [-0.05, 0) is 33.2 Å². The SMILES string of the molecule is CCC(C)CN(CC)C(C)(C)C. The molecule has 0 aromatic carbocycles. The van der Waals surface area contributed by atoms with Crippen molar-refractivity contribution in [3.63, 3.8) is 0 Å². The largest absolute Gasteiger partial charge is 0.298 e. The zero-order chi connectivity index (χ0) is 9.78. The number of rotatable bonds is 4. The first-order valence-corrected chi connectivity index (χ1v) is 5.16. The van der Waals surface area contributed by atoms with E-state index in [1.807, 2.05) is 0 Å². The third-order valence-corrected chi connectivity index (χ3v) is 2.56. The molecule has 0 spiro atoms. The van der Waals surface area contributed by atoms with Gasteiger partial charge >= 0.3 is 0 Å². The molecule has 0 rings (SSSR count). The van der Waals surface area contributed by atoms with Crippen molar-refractivity contribution in [2.45, 2.75) is 53.5 Å². The Hall–Kier alpha value is -0.0400. The summed E-state index contributed by atoms with van der Waals surface area (Å²) in [6, 6.07) is 0. The Labute approximate surface area is 78.1 Å². The Morgan fingerprint density at radius 3 is 1.92 bits per heavy atom. The van der Waals surface area contributed by atoms with E-state index in [4.69, 9.17) is 0 Å². The van der Waals surface area contributed by atoms with Crippen LogP contribution in [0.4, 0.5) is 0 Å². The van der Waals surface area contributed by atoms with Crippen LogP contribution in [0, 0.1) is 5.92 Å². The van der Waals surface area contributed by atoms with Crippen molar-refractivity contribution in [3.8, 4) is 0 Å². The summed E-state index contributed by atoms with van der Waals surface area (Å²) in [5.74, 6) is 0.823. The van der Waals surface area contributed by atoms with Crippen molar-refractivity contribution in [2.24, 2.45) is 5.92 Å². The summed E-state index contributed by atoms with van der Waals surface area (Å²) >= 11 is 0. The minimum atomic E-state index is 0.332. The molecule has 0 aromatic heterocycles. The van der Waals surface area contributed by atoms with Crippen LogP contribution in [-0.4, -0.2) is 23.5 Å². The first-order chi connectivity index (χ1) is 5.41. The smallest absolute Gasteiger partial charge is 0.0125 e. The molecule has 0 saturated carbocycles. The Kier molecular flexibility index (Phi) is 4.84. The van der Waals surface area contributed by atoms with E-state index >= 15 is 0 Å². The molecule has 0 bridgehead atoms. The van der Waals surface area contributed by atoms with Crippen LogP contribution in [0.2, 0.25) is 0 Å². The lowest BCUT2D eigenvalue weighted by atomic mass is 10.0. The van der Waals surface area contributed by atoms with E-state index < -0.39 is 0 Å². The molecule has 0 fully saturated rings. The van der Waals surface area contributed by atoms with Gasteiger partial charge in [0.25, 0.3) is 0 Å². The highest BCUT2D eigenvalue weighted by atomic mass is 15.2. The van der Waals surface area contributed by atoms with Crippen LogP contribution in [0.1, 0.15) is 48.0 Å². The summed E-state index contributed by atoms with van der Waals surface area (Å²) < 4.78 is 0. The summed E-state index contributed by atoms with van der Waals surface area (Å²) in [6.45, 7) is 16.1. The number of nitrogens with zero attached hydrogens (tertiary/aromatic N) is 1. The zero-order valence-corrected chi connectivity index (χ0v) is 9.65. The molecule has 1 unspecified atom stereocenters. The molecule has 0 aliphatic carbocycles. The van der Waals surface area contributed by atoms with Gasteiger partial charge in [-0.25, -0.2) is 0 Å². The zero-order valence-electron chi connectivity index (χ0n) is 9.65. The number of hydrogen-bond acceptors (Lipinski definition) is 1. The molecule has 0 N–H and O–H groups in total. The molecule has 12 heavy (non-hydrogen) atoms. The highest BCUT2D eigenvalue weighted by Gasteiger charge is 2.20. The second-order valence-electron chi connectivity index (χ2n) is 4.72. The maximum Gasteiger partial charge on any atom is 0.0125 e. The predicted molar refractivity (Wildman–Crippen MR) is 56.5 cm³/mol. The van der Waals surface area contributed by atoms with Crippen molar-refractivity contribution in [1.82, 2.24) is 4.90 Å². The van der Waals surface area contributed by atoms with Crippen LogP contribution in [0.25, 0.3) is 0 Å². The van der Waals surface area contributed by atoms with Crippen molar-refractivity contribution in [1.29, 1.82) is 0 Å². The maximum absolute atomic E-state index is 2.54. The molecule has 0 aliphatic rings. The minimum absolute atomic E-state index is 0.332. The van der Waals surface area contributed by atoms with Crippen molar-refractivity contribution in [3.05, 3.63) is 0 Å². The van der Waals surface area contributed by atoms with Crippen LogP contribution in [0.5, 0.6) is 0 Å².